The molecule has 1 N–H and O–H groups in total. The van der Waals surface area contributed by atoms with Crippen molar-refractivity contribution in [2.75, 3.05) is 0 Å². The zero-order valence-corrected chi connectivity index (χ0v) is 11.8. The van der Waals surface area contributed by atoms with E-state index in [-0.39, 0.29) is 6.61 Å². The summed E-state index contributed by atoms with van der Waals surface area (Å²) in [6.45, 7) is -0.0690. The third kappa shape index (κ3) is 1.82. The van der Waals surface area contributed by atoms with E-state index in [1.54, 1.807) is 0 Å². The van der Waals surface area contributed by atoms with E-state index in [4.69, 9.17) is 4.42 Å². The number of nitrogens with zero attached hydrogens (tertiary/aromatic N) is 3. The molecule has 0 amide bonds. The van der Waals surface area contributed by atoms with Gasteiger partial charge >= 0.3 is 0 Å². The van der Waals surface area contributed by atoms with Crippen LogP contribution < -0.4 is 0 Å². The molecule has 0 unspecified atom stereocenters. The van der Waals surface area contributed by atoms with Crippen LogP contribution in [0.2, 0.25) is 0 Å². The number of rotatable bonds is 3. The summed E-state index contributed by atoms with van der Waals surface area (Å²) in [6.07, 6.45) is 1.90. The van der Waals surface area contributed by atoms with Crippen LogP contribution in [0.15, 0.2) is 50.5 Å². The van der Waals surface area contributed by atoms with Crippen LogP contribution in [0.3, 0.4) is 0 Å². The second-order valence-corrected chi connectivity index (χ2v) is 5.94. The van der Waals surface area contributed by atoms with Gasteiger partial charge in [0.15, 0.2) is 10.5 Å². The summed E-state index contributed by atoms with van der Waals surface area (Å²) in [6, 6.07) is 7.62. The lowest BCUT2D eigenvalue weighted by atomic mass is 10.3. The summed E-state index contributed by atoms with van der Waals surface area (Å²) >= 11 is 2.86. The molecule has 0 fully saturated rings. The Hall–Kier alpha value is -1.83. The third-order valence-corrected chi connectivity index (χ3v) is 4.56. The van der Waals surface area contributed by atoms with Crippen molar-refractivity contribution in [2.24, 2.45) is 0 Å². The minimum Gasteiger partial charge on any atom is -0.431 e. The molecular weight excluding hydrogens is 294 g/mol. The lowest BCUT2D eigenvalue weighted by molar-refractivity contribution is 0.272. The predicted octanol–water partition coefficient (Wildman–Crippen LogP) is 3.18. The van der Waals surface area contributed by atoms with Gasteiger partial charge in [-0.25, -0.2) is 9.97 Å². The molecule has 0 radical (unpaired) electrons. The Kier molecular flexibility index (Phi) is 2.76. The number of para-hydroxylation sites is 2. The van der Waals surface area contributed by atoms with Crippen LogP contribution in [0.4, 0.5) is 0 Å². The van der Waals surface area contributed by atoms with Crippen LogP contribution in [0.25, 0.3) is 16.1 Å². The number of aromatic nitrogens is 3. The normalized spacial score (nSPS) is 11.7. The van der Waals surface area contributed by atoms with Crippen molar-refractivity contribution in [3.8, 4) is 0 Å². The Bertz CT molecular complexity index is 860. The second kappa shape index (κ2) is 4.62. The fourth-order valence-electron chi connectivity index (χ4n) is 2.02. The smallest absolute Gasteiger partial charge is 0.263 e. The molecule has 0 atom stereocenters. The number of fused-ring (bicyclic) bond motifs is 2. The van der Waals surface area contributed by atoms with Gasteiger partial charge in [-0.15, -0.1) is 11.3 Å². The largest absolute Gasteiger partial charge is 0.431 e. The summed E-state index contributed by atoms with van der Waals surface area (Å²) in [7, 11) is 0. The first-order chi connectivity index (χ1) is 9.85. The highest BCUT2D eigenvalue weighted by atomic mass is 32.2. The Morgan fingerprint density at radius 1 is 1.30 bits per heavy atom. The average molecular weight is 303 g/mol. The lowest BCUT2D eigenvalue weighted by Crippen LogP contribution is -1.90. The van der Waals surface area contributed by atoms with Gasteiger partial charge in [0.25, 0.3) is 5.22 Å². The number of hydrogen-bond acceptors (Lipinski definition) is 6. The zero-order chi connectivity index (χ0) is 13.5. The number of aliphatic hydroxyl groups excluding tert-OH is 1. The molecule has 4 aromatic rings. The molecule has 0 aliphatic heterocycles. The molecule has 20 heavy (non-hydrogen) atoms. The number of aliphatic hydroxyl groups is 1. The molecule has 0 aliphatic rings. The third-order valence-electron chi connectivity index (χ3n) is 2.93. The Morgan fingerprint density at radius 3 is 3.05 bits per heavy atom. The monoisotopic (exact) mass is 303 g/mol. The van der Waals surface area contributed by atoms with Crippen LogP contribution >= 0.6 is 23.1 Å². The van der Waals surface area contributed by atoms with E-state index in [2.05, 4.69) is 9.97 Å². The van der Waals surface area contributed by atoms with E-state index in [0.29, 0.717) is 5.22 Å². The Morgan fingerprint density at radius 2 is 2.20 bits per heavy atom. The first-order valence-corrected chi connectivity index (χ1v) is 7.63. The molecule has 0 saturated carbocycles. The van der Waals surface area contributed by atoms with Crippen LogP contribution in [0.1, 0.15) is 5.69 Å². The Balaban J connectivity index is 1.77. The van der Waals surface area contributed by atoms with E-state index in [1.165, 1.54) is 23.1 Å². The summed E-state index contributed by atoms with van der Waals surface area (Å²) in [5.41, 5.74) is 2.33. The highest BCUT2D eigenvalue weighted by molar-refractivity contribution is 7.99. The minimum absolute atomic E-state index is 0.0690. The quantitative estimate of drug-likeness (QED) is 0.630. The van der Waals surface area contributed by atoms with Gasteiger partial charge in [-0.05, 0) is 23.9 Å². The first kappa shape index (κ1) is 12.0. The molecule has 100 valence electrons. The van der Waals surface area contributed by atoms with Crippen LogP contribution in [-0.2, 0) is 6.61 Å². The van der Waals surface area contributed by atoms with E-state index in [0.717, 1.165) is 26.8 Å². The highest BCUT2D eigenvalue weighted by Crippen LogP contribution is 2.33. The van der Waals surface area contributed by atoms with Crippen molar-refractivity contribution in [3.63, 3.8) is 0 Å². The maximum absolute atomic E-state index is 9.52. The molecule has 0 saturated heterocycles. The second-order valence-electron chi connectivity index (χ2n) is 4.13. The fraction of sp³-hybridized carbons (Fsp3) is 0.0769. The van der Waals surface area contributed by atoms with Crippen LogP contribution in [0, 0.1) is 0 Å². The molecule has 0 bridgehead atoms. The van der Waals surface area contributed by atoms with Crippen molar-refractivity contribution < 1.29 is 9.52 Å². The van der Waals surface area contributed by atoms with Crippen molar-refractivity contribution in [1.82, 2.24) is 14.4 Å². The molecule has 4 rings (SSSR count). The number of imidazole rings is 1. The standard InChI is InChI=1S/C13H9N3O2S2/c17-7-9-11(15-12-16(9)5-6-19-12)20-13-14-8-3-1-2-4-10(8)18-13/h1-6,17H,7H2. The number of oxazole rings is 1. The molecule has 5 nitrogen and oxygen atoms in total. The van der Waals surface area contributed by atoms with Gasteiger partial charge in [0.05, 0.1) is 12.3 Å². The molecule has 3 aromatic heterocycles. The number of thiazole rings is 1. The summed E-state index contributed by atoms with van der Waals surface area (Å²) < 4.78 is 7.55. The van der Waals surface area contributed by atoms with Gasteiger partial charge in [-0.1, -0.05) is 12.1 Å². The van der Waals surface area contributed by atoms with Gasteiger partial charge in [0.1, 0.15) is 10.5 Å². The maximum atomic E-state index is 9.52. The van der Waals surface area contributed by atoms with Crippen molar-refractivity contribution in [1.29, 1.82) is 0 Å². The van der Waals surface area contributed by atoms with Gasteiger partial charge < -0.3 is 9.52 Å². The Labute approximate surface area is 121 Å². The summed E-state index contributed by atoms with van der Waals surface area (Å²) in [5.74, 6) is 0. The van der Waals surface area contributed by atoms with E-state index in [1.807, 2.05) is 40.2 Å². The molecule has 0 spiro atoms. The van der Waals surface area contributed by atoms with Crippen molar-refractivity contribution >= 4 is 39.2 Å². The fourth-order valence-corrected chi connectivity index (χ4v) is 3.66. The summed E-state index contributed by atoms with van der Waals surface area (Å²) in [5, 5.41) is 12.7. The highest BCUT2D eigenvalue weighted by Gasteiger charge is 2.16. The molecule has 1 aromatic carbocycles. The number of hydrogen-bond donors (Lipinski definition) is 1. The minimum atomic E-state index is -0.0690. The maximum Gasteiger partial charge on any atom is 0.263 e. The molecule has 3 heterocycles. The van der Waals surface area contributed by atoms with E-state index >= 15 is 0 Å². The molecule has 7 heteroatoms. The molecule has 0 aliphatic carbocycles. The molecular formula is C13H9N3O2S2. The van der Waals surface area contributed by atoms with E-state index < -0.39 is 0 Å². The topological polar surface area (TPSA) is 63.6 Å². The predicted molar refractivity (Wildman–Crippen MR) is 77.1 cm³/mol. The van der Waals surface area contributed by atoms with Gasteiger partial charge in [-0.2, -0.15) is 0 Å². The zero-order valence-electron chi connectivity index (χ0n) is 10.2. The summed E-state index contributed by atoms with van der Waals surface area (Å²) in [4.78, 5) is 9.75. The van der Waals surface area contributed by atoms with Gasteiger partial charge in [-0.3, -0.25) is 4.40 Å². The van der Waals surface area contributed by atoms with Crippen LogP contribution in [0.5, 0.6) is 0 Å². The average Bonchev–Trinajstić information content (AvgIpc) is 3.11. The first-order valence-electron chi connectivity index (χ1n) is 5.94. The van der Waals surface area contributed by atoms with Gasteiger partial charge in [0, 0.05) is 11.6 Å². The SMILES string of the molecule is OCc1c(Sc2nc3ccccc3o2)nc2sccn12. The van der Waals surface area contributed by atoms with Gasteiger partial charge in [0.2, 0.25) is 0 Å². The van der Waals surface area contributed by atoms with Crippen molar-refractivity contribution in [3.05, 3.63) is 41.5 Å². The van der Waals surface area contributed by atoms with Crippen LogP contribution in [-0.4, -0.2) is 19.5 Å². The van der Waals surface area contributed by atoms with Crippen molar-refractivity contribution in [2.45, 2.75) is 16.9 Å². The van der Waals surface area contributed by atoms with E-state index in [9.17, 15) is 5.11 Å². The number of benzene rings is 1. The lowest BCUT2D eigenvalue weighted by Gasteiger charge is -1.96.